The van der Waals surface area contributed by atoms with Crippen LogP contribution in [0, 0.1) is 6.92 Å². The van der Waals surface area contributed by atoms with E-state index in [-0.39, 0.29) is 11.4 Å². The maximum absolute atomic E-state index is 11.4. The van der Waals surface area contributed by atoms with E-state index >= 15 is 0 Å². The lowest BCUT2D eigenvalue weighted by Gasteiger charge is -2.11. The maximum atomic E-state index is 11.4. The van der Waals surface area contributed by atoms with E-state index in [1.807, 2.05) is 5.32 Å². The standard InChI is InChI=1S/C8H11N5O4/c1-3-5(7(15)16)11-12-13(3)4(2)6(14)10-8(9)17/h4H,1-2H3,(H,15,16)(H3,9,10,14,17). The zero-order valence-electron chi connectivity index (χ0n) is 9.17. The van der Waals surface area contributed by atoms with E-state index in [9.17, 15) is 14.4 Å². The minimum atomic E-state index is -1.24. The van der Waals surface area contributed by atoms with E-state index in [0.29, 0.717) is 0 Å². The van der Waals surface area contributed by atoms with Crippen LogP contribution in [0.1, 0.15) is 29.1 Å². The first-order valence-corrected chi connectivity index (χ1v) is 4.60. The Bertz CT molecular complexity index is 480. The highest BCUT2D eigenvalue weighted by atomic mass is 16.4. The van der Waals surface area contributed by atoms with E-state index in [2.05, 4.69) is 10.3 Å². The molecule has 0 aliphatic carbocycles. The van der Waals surface area contributed by atoms with Crippen molar-refractivity contribution in [1.29, 1.82) is 0 Å². The van der Waals surface area contributed by atoms with Gasteiger partial charge in [-0.05, 0) is 13.8 Å². The number of urea groups is 1. The van der Waals surface area contributed by atoms with Gasteiger partial charge >= 0.3 is 12.0 Å². The molecule has 9 heteroatoms. The Balaban J connectivity index is 2.97. The molecule has 0 bridgehead atoms. The van der Waals surface area contributed by atoms with Crippen molar-refractivity contribution in [2.45, 2.75) is 19.9 Å². The van der Waals surface area contributed by atoms with Crippen molar-refractivity contribution >= 4 is 17.9 Å². The third-order valence-electron chi connectivity index (χ3n) is 2.12. The number of primary amides is 1. The van der Waals surface area contributed by atoms with Crippen molar-refractivity contribution in [3.8, 4) is 0 Å². The van der Waals surface area contributed by atoms with Crippen LogP contribution in [0.25, 0.3) is 0 Å². The third-order valence-corrected chi connectivity index (χ3v) is 2.12. The highest BCUT2D eigenvalue weighted by molar-refractivity contribution is 5.95. The fourth-order valence-corrected chi connectivity index (χ4v) is 1.24. The fourth-order valence-electron chi connectivity index (χ4n) is 1.24. The molecule has 4 N–H and O–H groups in total. The average molecular weight is 241 g/mol. The number of carboxylic acids is 1. The Hall–Kier alpha value is -2.45. The quantitative estimate of drug-likeness (QED) is 0.622. The molecule has 3 amide bonds. The SMILES string of the molecule is Cc1c(C(=O)O)nnn1C(C)C(=O)NC(N)=O. The molecule has 1 aromatic rings. The second kappa shape index (κ2) is 4.60. The first-order valence-electron chi connectivity index (χ1n) is 4.60. The van der Waals surface area contributed by atoms with Crippen LogP contribution in [-0.2, 0) is 4.79 Å². The highest BCUT2D eigenvalue weighted by Gasteiger charge is 2.23. The van der Waals surface area contributed by atoms with Gasteiger partial charge in [-0.3, -0.25) is 10.1 Å². The molecule has 0 spiro atoms. The Morgan fingerprint density at radius 3 is 2.47 bits per heavy atom. The highest BCUT2D eigenvalue weighted by Crippen LogP contribution is 2.11. The summed E-state index contributed by atoms with van der Waals surface area (Å²) < 4.78 is 1.10. The summed E-state index contributed by atoms with van der Waals surface area (Å²) >= 11 is 0. The van der Waals surface area contributed by atoms with Crippen LogP contribution >= 0.6 is 0 Å². The zero-order chi connectivity index (χ0) is 13.2. The molecule has 1 rings (SSSR count). The Morgan fingerprint density at radius 2 is 2.06 bits per heavy atom. The molecule has 0 fully saturated rings. The lowest BCUT2D eigenvalue weighted by atomic mass is 10.3. The Labute approximate surface area is 95.6 Å². The summed E-state index contributed by atoms with van der Waals surface area (Å²) in [6.07, 6.45) is 0. The number of hydrogen-bond donors (Lipinski definition) is 3. The van der Waals surface area contributed by atoms with Crippen molar-refractivity contribution in [3.05, 3.63) is 11.4 Å². The van der Waals surface area contributed by atoms with Crippen LogP contribution in [0.3, 0.4) is 0 Å². The van der Waals surface area contributed by atoms with E-state index in [1.54, 1.807) is 0 Å². The monoisotopic (exact) mass is 241 g/mol. The lowest BCUT2D eigenvalue weighted by molar-refractivity contribution is -0.123. The minimum absolute atomic E-state index is 0.213. The number of carbonyl (C=O) groups is 3. The first kappa shape index (κ1) is 12.6. The second-order valence-corrected chi connectivity index (χ2v) is 3.30. The van der Waals surface area contributed by atoms with Gasteiger partial charge in [0.25, 0.3) is 5.91 Å². The topological polar surface area (TPSA) is 140 Å². The van der Waals surface area contributed by atoms with Crippen molar-refractivity contribution in [2.75, 3.05) is 0 Å². The summed E-state index contributed by atoms with van der Waals surface area (Å²) in [6.45, 7) is 2.89. The molecule has 1 heterocycles. The van der Waals surface area contributed by atoms with Gasteiger partial charge in [-0.1, -0.05) is 5.21 Å². The summed E-state index contributed by atoms with van der Waals surface area (Å²) in [5.41, 5.74) is 4.76. The number of amides is 3. The fraction of sp³-hybridized carbons (Fsp3) is 0.375. The molecule has 0 saturated heterocycles. The van der Waals surface area contributed by atoms with Gasteiger partial charge in [-0.2, -0.15) is 0 Å². The van der Waals surface area contributed by atoms with Crippen LogP contribution < -0.4 is 11.1 Å². The molecule has 0 aromatic carbocycles. The number of hydrogen-bond acceptors (Lipinski definition) is 5. The summed E-state index contributed by atoms with van der Waals surface area (Å²) in [7, 11) is 0. The van der Waals surface area contributed by atoms with Crippen LogP contribution in [0.2, 0.25) is 0 Å². The number of nitrogens with one attached hydrogen (secondary N) is 1. The van der Waals surface area contributed by atoms with Crippen molar-refractivity contribution in [2.24, 2.45) is 5.73 Å². The summed E-state index contributed by atoms with van der Waals surface area (Å²) in [6, 6.07) is -1.87. The van der Waals surface area contributed by atoms with E-state index < -0.39 is 23.9 Å². The van der Waals surface area contributed by atoms with Gasteiger partial charge < -0.3 is 10.8 Å². The van der Waals surface area contributed by atoms with Crippen LogP contribution in [-0.4, -0.2) is 38.0 Å². The molecule has 1 unspecified atom stereocenters. The Kier molecular flexibility index (Phi) is 3.41. The normalized spacial score (nSPS) is 11.9. The molecular weight excluding hydrogens is 230 g/mol. The average Bonchev–Trinajstić information content (AvgIpc) is 2.57. The predicted octanol–water partition coefficient (Wildman–Crippen LogP) is -0.959. The number of aromatic nitrogens is 3. The summed E-state index contributed by atoms with van der Waals surface area (Å²) in [4.78, 5) is 32.6. The number of rotatable bonds is 3. The molecule has 0 aliphatic rings. The third kappa shape index (κ3) is 2.56. The molecule has 1 aromatic heterocycles. The molecule has 9 nitrogen and oxygen atoms in total. The molecule has 0 aliphatic heterocycles. The van der Waals surface area contributed by atoms with E-state index in [0.717, 1.165) is 4.68 Å². The predicted molar refractivity (Wildman–Crippen MR) is 54.2 cm³/mol. The summed E-state index contributed by atoms with van der Waals surface area (Å²) in [5, 5.41) is 17.6. The number of nitrogens with zero attached hydrogens (tertiary/aromatic N) is 3. The van der Waals surface area contributed by atoms with E-state index in [4.69, 9.17) is 10.8 Å². The largest absolute Gasteiger partial charge is 0.476 e. The van der Waals surface area contributed by atoms with Gasteiger partial charge in [0, 0.05) is 0 Å². The molecule has 92 valence electrons. The zero-order valence-corrected chi connectivity index (χ0v) is 9.17. The number of imide groups is 1. The van der Waals surface area contributed by atoms with Gasteiger partial charge in [0.05, 0.1) is 5.69 Å². The lowest BCUT2D eigenvalue weighted by Crippen LogP contribution is -2.39. The van der Waals surface area contributed by atoms with Crippen molar-refractivity contribution < 1.29 is 19.5 Å². The number of nitrogens with two attached hydrogens (primary N) is 1. The van der Waals surface area contributed by atoms with Gasteiger partial charge in [0.1, 0.15) is 6.04 Å². The number of carbonyl (C=O) groups excluding carboxylic acids is 2. The van der Waals surface area contributed by atoms with Crippen LogP contribution in [0.15, 0.2) is 0 Å². The van der Waals surface area contributed by atoms with Crippen LogP contribution in [0.5, 0.6) is 0 Å². The van der Waals surface area contributed by atoms with Gasteiger partial charge in [-0.15, -0.1) is 5.10 Å². The van der Waals surface area contributed by atoms with Gasteiger partial charge in [0.2, 0.25) is 0 Å². The molecule has 1 atom stereocenters. The first-order chi connectivity index (χ1) is 7.84. The van der Waals surface area contributed by atoms with Crippen LogP contribution in [0.4, 0.5) is 4.79 Å². The minimum Gasteiger partial charge on any atom is -0.476 e. The molecule has 17 heavy (non-hydrogen) atoms. The van der Waals surface area contributed by atoms with Gasteiger partial charge in [-0.25, -0.2) is 14.3 Å². The number of aromatic carboxylic acids is 1. The maximum Gasteiger partial charge on any atom is 0.358 e. The molecular formula is C8H11N5O4. The Morgan fingerprint density at radius 1 is 1.47 bits per heavy atom. The summed E-state index contributed by atoms with van der Waals surface area (Å²) in [5.74, 6) is -1.93. The second-order valence-electron chi connectivity index (χ2n) is 3.30. The van der Waals surface area contributed by atoms with Crippen molar-refractivity contribution in [3.63, 3.8) is 0 Å². The van der Waals surface area contributed by atoms with Gasteiger partial charge in [0.15, 0.2) is 5.69 Å². The van der Waals surface area contributed by atoms with Crippen molar-refractivity contribution in [1.82, 2.24) is 20.3 Å². The molecule has 0 saturated carbocycles. The number of carboxylic acid groups (broad SMARTS) is 1. The molecule has 0 radical (unpaired) electrons. The van der Waals surface area contributed by atoms with E-state index in [1.165, 1.54) is 13.8 Å². The smallest absolute Gasteiger partial charge is 0.358 e.